The first-order valence-electron chi connectivity index (χ1n) is 5.30. The second kappa shape index (κ2) is 3.96. The molecule has 0 atom stereocenters. The fourth-order valence-corrected chi connectivity index (χ4v) is 1.74. The van der Waals surface area contributed by atoms with Crippen molar-refractivity contribution in [2.45, 2.75) is 0 Å². The zero-order valence-electron chi connectivity index (χ0n) is 9.20. The van der Waals surface area contributed by atoms with Crippen molar-refractivity contribution in [3.05, 3.63) is 48.2 Å². The van der Waals surface area contributed by atoms with Crippen LogP contribution in [0.5, 0.6) is 0 Å². The molecule has 0 saturated carbocycles. The molecule has 0 spiro atoms. The lowest BCUT2D eigenvalue weighted by atomic mass is 10.1. The second-order valence-electron chi connectivity index (χ2n) is 3.69. The Hall–Kier alpha value is -2.69. The van der Waals surface area contributed by atoms with E-state index in [0.29, 0.717) is 16.8 Å². The highest BCUT2D eigenvalue weighted by Crippen LogP contribution is 2.25. The van der Waals surface area contributed by atoms with Gasteiger partial charge in [0, 0.05) is 6.20 Å². The first-order valence-corrected chi connectivity index (χ1v) is 5.30. The number of aromatic nitrogens is 2. The standard InChI is InChI=1S/C13H8N2O3/c16-13(17)9-5-2-1-4-8(9)12-15-11-10(18-12)6-3-7-14-11/h1-7H,(H,16,17). The Morgan fingerprint density at radius 2 is 2.00 bits per heavy atom. The lowest BCUT2D eigenvalue weighted by molar-refractivity contribution is 0.0697. The van der Waals surface area contributed by atoms with Gasteiger partial charge in [-0.25, -0.2) is 9.78 Å². The van der Waals surface area contributed by atoms with Crippen LogP contribution >= 0.6 is 0 Å². The molecule has 0 bridgehead atoms. The van der Waals surface area contributed by atoms with E-state index in [0.717, 1.165) is 0 Å². The zero-order valence-corrected chi connectivity index (χ0v) is 9.20. The van der Waals surface area contributed by atoms with Gasteiger partial charge in [-0.05, 0) is 24.3 Å². The van der Waals surface area contributed by atoms with Crippen LogP contribution in [0.1, 0.15) is 10.4 Å². The summed E-state index contributed by atoms with van der Waals surface area (Å²) in [6, 6.07) is 10.1. The molecular formula is C13H8N2O3. The topological polar surface area (TPSA) is 76.2 Å². The summed E-state index contributed by atoms with van der Waals surface area (Å²) in [5.41, 5.74) is 1.60. The normalized spacial score (nSPS) is 10.7. The molecule has 0 unspecified atom stereocenters. The summed E-state index contributed by atoms with van der Waals surface area (Å²) in [7, 11) is 0. The van der Waals surface area contributed by atoms with E-state index in [2.05, 4.69) is 9.97 Å². The maximum atomic E-state index is 11.1. The molecule has 18 heavy (non-hydrogen) atoms. The van der Waals surface area contributed by atoms with Crippen molar-refractivity contribution < 1.29 is 14.3 Å². The Morgan fingerprint density at radius 1 is 1.17 bits per heavy atom. The third-order valence-electron chi connectivity index (χ3n) is 2.55. The monoisotopic (exact) mass is 240 g/mol. The molecule has 1 N–H and O–H groups in total. The van der Waals surface area contributed by atoms with Gasteiger partial charge in [0.2, 0.25) is 5.89 Å². The molecule has 5 nitrogen and oxygen atoms in total. The Kier molecular flexibility index (Phi) is 2.30. The molecule has 0 amide bonds. The molecule has 0 fully saturated rings. The summed E-state index contributed by atoms with van der Waals surface area (Å²) in [6.07, 6.45) is 1.61. The minimum atomic E-state index is -1.01. The number of oxazole rings is 1. The van der Waals surface area contributed by atoms with Crippen molar-refractivity contribution in [3.8, 4) is 11.5 Å². The number of carboxylic acids is 1. The lowest BCUT2D eigenvalue weighted by Crippen LogP contribution is -1.98. The zero-order chi connectivity index (χ0) is 12.5. The fourth-order valence-electron chi connectivity index (χ4n) is 1.74. The molecule has 2 aromatic heterocycles. The van der Waals surface area contributed by atoms with E-state index < -0.39 is 5.97 Å². The van der Waals surface area contributed by atoms with Crippen molar-refractivity contribution in [2.24, 2.45) is 0 Å². The molecule has 2 heterocycles. The summed E-state index contributed by atoms with van der Waals surface area (Å²) >= 11 is 0. The molecular weight excluding hydrogens is 232 g/mol. The van der Waals surface area contributed by atoms with Crippen LogP contribution in [0.2, 0.25) is 0 Å². The molecule has 0 aliphatic carbocycles. The fraction of sp³-hybridized carbons (Fsp3) is 0. The Labute approximate surface area is 102 Å². The summed E-state index contributed by atoms with van der Waals surface area (Å²) in [4.78, 5) is 19.4. The van der Waals surface area contributed by atoms with Gasteiger partial charge in [0.15, 0.2) is 11.2 Å². The lowest BCUT2D eigenvalue weighted by Gasteiger charge is -2.00. The number of fused-ring (bicyclic) bond motifs is 1. The van der Waals surface area contributed by atoms with Crippen molar-refractivity contribution in [3.63, 3.8) is 0 Å². The van der Waals surface area contributed by atoms with E-state index in [9.17, 15) is 4.79 Å². The third kappa shape index (κ3) is 1.62. The number of carbonyl (C=O) groups is 1. The van der Waals surface area contributed by atoms with Gasteiger partial charge in [-0.2, -0.15) is 4.98 Å². The number of nitrogens with zero attached hydrogens (tertiary/aromatic N) is 2. The minimum absolute atomic E-state index is 0.157. The van der Waals surface area contributed by atoms with Gasteiger partial charge in [0.1, 0.15) is 0 Å². The van der Waals surface area contributed by atoms with Gasteiger partial charge in [-0.15, -0.1) is 0 Å². The highest BCUT2D eigenvalue weighted by atomic mass is 16.4. The number of hydrogen-bond acceptors (Lipinski definition) is 4. The number of rotatable bonds is 2. The van der Waals surface area contributed by atoms with Crippen LogP contribution in [-0.4, -0.2) is 21.0 Å². The molecule has 0 saturated heterocycles. The van der Waals surface area contributed by atoms with Crippen LogP contribution in [0.15, 0.2) is 47.0 Å². The van der Waals surface area contributed by atoms with Crippen molar-refractivity contribution in [2.75, 3.05) is 0 Å². The summed E-state index contributed by atoms with van der Waals surface area (Å²) in [5.74, 6) is -0.748. The molecule has 0 aliphatic rings. The maximum Gasteiger partial charge on any atom is 0.336 e. The number of hydrogen-bond donors (Lipinski definition) is 1. The van der Waals surface area contributed by atoms with Gasteiger partial charge < -0.3 is 9.52 Å². The SMILES string of the molecule is O=C(O)c1ccccc1-c1nc2ncccc2o1. The minimum Gasteiger partial charge on any atom is -0.478 e. The Bertz CT molecular complexity index is 701. The number of benzene rings is 1. The van der Waals surface area contributed by atoms with Crippen molar-refractivity contribution in [1.82, 2.24) is 9.97 Å². The predicted molar refractivity (Wildman–Crippen MR) is 64.2 cm³/mol. The van der Waals surface area contributed by atoms with E-state index in [1.165, 1.54) is 6.07 Å². The van der Waals surface area contributed by atoms with Gasteiger partial charge in [-0.3, -0.25) is 0 Å². The number of carboxylic acid groups (broad SMARTS) is 1. The molecule has 1 aromatic carbocycles. The molecule has 0 aliphatic heterocycles. The van der Waals surface area contributed by atoms with Gasteiger partial charge >= 0.3 is 5.97 Å². The van der Waals surface area contributed by atoms with Crippen LogP contribution in [0.25, 0.3) is 22.7 Å². The smallest absolute Gasteiger partial charge is 0.336 e. The van der Waals surface area contributed by atoms with Gasteiger partial charge in [-0.1, -0.05) is 12.1 Å². The largest absolute Gasteiger partial charge is 0.478 e. The van der Waals surface area contributed by atoms with Crippen molar-refractivity contribution in [1.29, 1.82) is 0 Å². The summed E-state index contributed by atoms with van der Waals surface area (Å²) < 4.78 is 5.51. The number of pyridine rings is 1. The first kappa shape index (κ1) is 10.5. The highest BCUT2D eigenvalue weighted by molar-refractivity contribution is 5.95. The maximum absolute atomic E-state index is 11.1. The molecule has 3 rings (SSSR count). The average molecular weight is 240 g/mol. The van der Waals surface area contributed by atoms with E-state index in [1.807, 2.05) is 0 Å². The van der Waals surface area contributed by atoms with Crippen LogP contribution < -0.4 is 0 Å². The van der Waals surface area contributed by atoms with Gasteiger partial charge in [0.05, 0.1) is 11.1 Å². The molecule has 3 aromatic rings. The molecule has 5 heteroatoms. The number of aromatic carboxylic acids is 1. The molecule has 0 radical (unpaired) electrons. The first-order chi connectivity index (χ1) is 8.75. The predicted octanol–water partition coefficient (Wildman–Crippen LogP) is 2.59. The van der Waals surface area contributed by atoms with E-state index >= 15 is 0 Å². The summed E-state index contributed by atoms with van der Waals surface area (Å²) in [5, 5.41) is 9.12. The highest BCUT2D eigenvalue weighted by Gasteiger charge is 2.16. The van der Waals surface area contributed by atoms with Gasteiger partial charge in [0.25, 0.3) is 0 Å². The van der Waals surface area contributed by atoms with Crippen molar-refractivity contribution >= 4 is 17.2 Å². The van der Waals surface area contributed by atoms with Crippen LogP contribution in [-0.2, 0) is 0 Å². The van der Waals surface area contributed by atoms with Crippen LogP contribution in [0.3, 0.4) is 0 Å². The van der Waals surface area contributed by atoms with Crippen LogP contribution in [0.4, 0.5) is 0 Å². The van der Waals surface area contributed by atoms with E-state index in [-0.39, 0.29) is 11.5 Å². The Balaban J connectivity index is 2.23. The van der Waals surface area contributed by atoms with E-state index in [4.69, 9.17) is 9.52 Å². The average Bonchev–Trinajstić information content (AvgIpc) is 2.82. The quantitative estimate of drug-likeness (QED) is 0.745. The van der Waals surface area contributed by atoms with E-state index in [1.54, 1.807) is 36.5 Å². The molecule has 88 valence electrons. The summed E-state index contributed by atoms with van der Waals surface area (Å²) in [6.45, 7) is 0. The second-order valence-corrected chi connectivity index (χ2v) is 3.69. The Morgan fingerprint density at radius 3 is 2.78 bits per heavy atom. The third-order valence-corrected chi connectivity index (χ3v) is 2.55. The van der Waals surface area contributed by atoms with Crippen LogP contribution in [0, 0.1) is 0 Å².